The van der Waals surface area contributed by atoms with E-state index in [1.807, 2.05) is 19.1 Å². The average Bonchev–Trinajstić information content (AvgIpc) is 2.37. The number of halogens is 1. The molecule has 0 saturated heterocycles. The van der Waals surface area contributed by atoms with Crippen LogP contribution in [-0.4, -0.2) is 49.9 Å². The van der Waals surface area contributed by atoms with Gasteiger partial charge in [-0.15, -0.1) is 0 Å². The van der Waals surface area contributed by atoms with Crippen LogP contribution in [0.2, 0.25) is 0 Å². The van der Waals surface area contributed by atoms with E-state index in [2.05, 4.69) is 41.9 Å². The van der Waals surface area contributed by atoms with Crippen molar-refractivity contribution in [2.24, 2.45) is 0 Å². The molecule has 4 nitrogen and oxygen atoms in total. The fourth-order valence-corrected chi connectivity index (χ4v) is 2.32. The Morgan fingerprint density at radius 3 is 2.29 bits per heavy atom. The summed E-state index contributed by atoms with van der Waals surface area (Å²) in [6.45, 7) is 9.37. The van der Waals surface area contributed by atoms with E-state index in [4.69, 9.17) is 4.74 Å². The number of hydrogen-bond acceptors (Lipinski definition) is 3. The third-order valence-electron chi connectivity index (χ3n) is 3.81. The molecule has 5 heteroatoms. The molecule has 0 saturated carbocycles. The highest BCUT2D eigenvalue weighted by Gasteiger charge is 2.20. The molecular formula is C19H32BrNO3. The van der Waals surface area contributed by atoms with Crippen molar-refractivity contribution in [1.82, 2.24) is 0 Å². The Hall–Kier alpha value is -1.07. The molecule has 0 bridgehead atoms. The second-order valence-electron chi connectivity index (χ2n) is 8.29. The number of phenolic OH excluding ortho intramolecular Hbond substituents is 1. The maximum Gasteiger partial charge on any atom is 0.306 e. The van der Waals surface area contributed by atoms with Crippen LogP contribution in [-0.2, 0) is 21.4 Å². The highest BCUT2D eigenvalue weighted by Crippen LogP contribution is 2.34. The lowest BCUT2D eigenvalue weighted by molar-refractivity contribution is -0.870. The van der Waals surface area contributed by atoms with Crippen LogP contribution < -0.4 is 17.0 Å². The Morgan fingerprint density at radius 1 is 1.21 bits per heavy atom. The molecule has 0 radical (unpaired) electrons. The van der Waals surface area contributed by atoms with Gasteiger partial charge >= 0.3 is 5.97 Å². The largest absolute Gasteiger partial charge is 1.00 e. The number of rotatable bonds is 6. The first kappa shape index (κ1) is 22.9. The molecular weight excluding hydrogens is 370 g/mol. The van der Waals surface area contributed by atoms with E-state index in [1.54, 1.807) is 0 Å². The first-order chi connectivity index (χ1) is 10.4. The van der Waals surface area contributed by atoms with Gasteiger partial charge in [-0.25, -0.2) is 0 Å². The monoisotopic (exact) mass is 401 g/mol. The molecule has 0 spiro atoms. The van der Waals surface area contributed by atoms with Gasteiger partial charge < -0.3 is 31.3 Å². The number of quaternary nitrogens is 1. The average molecular weight is 402 g/mol. The number of phenols is 1. The molecule has 24 heavy (non-hydrogen) atoms. The van der Waals surface area contributed by atoms with Crippen LogP contribution in [0.5, 0.6) is 5.75 Å². The van der Waals surface area contributed by atoms with E-state index in [1.165, 1.54) is 0 Å². The van der Waals surface area contributed by atoms with Gasteiger partial charge in [0.15, 0.2) is 0 Å². The number of aryl methyl sites for hydroxylation is 2. The molecule has 0 amide bonds. The quantitative estimate of drug-likeness (QED) is 0.546. The SMILES string of the molecule is Cc1cc(CCC(=O)OCC[N+](C)(C)C)cc(C(C)(C)C)c1O.[Br-]. The fourth-order valence-electron chi connectivity index (χ4n) is 2.32. The first-order valence-electron chi connectivity index (χ1n) is 8.19. The van der Waals surface area contributed by atoms with Crippen molar-refractivity contribution in [3.8, 4) is 5.75 Å². The van der Waals surface area contributed by atoms with Crippen LogP contribution in [0.3, 0.4) is 0 Å². The van der Waals surface area contributed by atoms with Crippen LogP contribution in [0, 0.1) is 6.92 Å². The Labute approximate surface area is 157 Å². The van der Waals surface area contributed by atoms with Gasteiger partial charge in [0, 0.05) is 6.42 Å². The van der Waals surface area contributed by atoms with E-state index >= 15 is 0 Å². The maximum atomic E-state index is 11.9. The minimum Gasteiger partial charge on any atom is -1.00 e. The zero-order valence-corrected chi connectivity index (χ0v) is 17.7. The highest BCUT2D eigenvalue weighted by molar-refractivity contribution is 5.69. The van der Waals surface area contributed by atoms with Crippen molar-refractivity contribution in [2.75, 3.05) is 34.3 Å². The van der Waals surface area contributed by atoms with Crippen molar-refractivity contribution in [3.05, 3.63) is 28.8 Å². The molecule has 0 fully saturated rings. The van der Waals surface area contributed by atoms with Crippen molar-refractivity contribution < 1.29 is 36.1 Å². The Morgan fingerprint density at radius 2 is 1.79 bits per heavy atom. The van der Waals surface area contributed by atoms with E-state index < -0.39 is 0 Å². The number of esters is 1. The van der Waals surface area contributed by atoms with E-state index in [0.29, 0.717) is 25.2 Å². The van der Waals surface area contributed by atoms with Crippen molar-refractivity contribution in [1.29, 1.82) is 0 Å². The van der Waals surface area contributed by atoms with Gasteiger partial charge in [0.2, 0.25) is 0 Å². The standard InChI is InChI=1S/C19H31NO3.BrH/c1-14-12-15(13-16(18(14)22)19(2,3)4)8-9-17(21)23-11-10-20(5,6)7;/h12-13H,8-11H2,1-7H3;1H. The van der Waals surface area contributed by atoms with E-state index in [0.717, 1.165) is 27.7 Å². The van der Waals surface area contributed by atoms with Gasteiger partial charge in [0.25, 0.3) is 0 Å². The normalized spacial score (nSPS) is 11.8. The van der Waals surface area contributed by atoms with Gasteiger partial charge in [0.1, 0.15) is 18.9 Å². The summed E-state index contributed by atoms with van der Waals surface area (Å²) in [5, 5.41) is 10.2. The summed E-state index contributed by atoms with van der Waals surface area (Å²) >= 11 is 0. The van der Waals surface area contributed by atoms with Gasteiger partial charge in [-0.3, -0.25) is 4.79 Å². The number of nitrogens with zero attached hydrogens (tertiary/aromatic N) is 1. The van der Waals surface area contributed by atoms with Gasteiger partial charge in [-0.2, -0.15) is 0 Å². The molecule has 1 N–H and O–H groups in total. The number of likely N-dealkylation sites (N-methyl/N-ethyl adjacent to an activating group) is 1. The number of carbonyl (C=O) groups excluding carboxylic acids is 1. The highest BCUT2D eigenvalue weighted by atomic mass is 79.9. The number of ether oxygens (including phenoxy) is 1. The lowest BCUT2D eigenvalue weighted by Gasteiger charge is -2.23. The zero-order valence-electron chi connectivity index (χ0n) is 16.1. The zero-order chi connectivity index (χ0) is 17.8. The number of aromatic hydroxyl groups is 1. The summed E-state index contributed by atoms with van der Waals surface area (Å²) in [4.78, 5) is 11.9. The Balaban J connectivity index is 0.00000529. The molecule has 138 valence electrons. The summed E-state index contributed by atoms with van der Waals surface area (Å²) in [7, 11) is 6.21. The van der Waals surface area contributed by atoms with Gasteiger partial charge in [-0.1, -0.05) is 32.9 Å². The summed E-state index contributed by atoms with van der Waals surface area (Å²) < 4.78 is 6.06. The Bertz CT molecular complexity index is 557. The van der Waals surface area contributed by atoms with Crippen molar-refractivity contribution in [2.45, 2.75) is 46.0 Å². The van der Waals surface area contributed by atoms with Crippen LogP contribution in [0.4, 0.5) is 0 Å². The van der Waals surface area contributed by atoms with E-state index in [-0.39, 0.29) is 28.4 Å². The van der Waals surface area contributed by atoms with Crippen molar-refractivity contribution in [3.63, 3.8) is 0 Å². The lowest BCUT2D eigenvalue weighted by atomic mass is 9.83. The molecule has 0 aliphatic rings. The van der Waals surface area contributed by atoms with E-state index in [9.17, 15) is 9.90 Å². The molecule has 0 heterocycles. The molecule has 0 atom stereocenters. The molecule has 1 aromatic carbocycles. The molecule has 0 aromatic heterocycles. The second kappa shape index (κ2) is 8.86. The minimum atomic E-state index is -0.165. The minimum absolute atomic E-state index is 0. The number of carbonyl (C=O) groups is 1. The summed E-state index contributed by atoms with van der Waals surface area (Å²) in [5.41, 5.74) is 2.71. The van der Waals surface area contributed by atoms with Crippen LogP contribution >= 0.6 is 0 Å². The van der Waals surface area contributed by atoms with Gasteiger partial charge in [-0.05, 0) is 35.4 Å². The van der Waals surface area contributed by atoms with Gasteiger partial charge in [0.05, 0.1) is 21.1 Å². The second-order valence-corrected chi connectivity index (χ2v) is 8.29. The number of hydrogen-bond donors (Lipinski definition) is 1. The predicted octanol–water partition coefficient (Wildman–Crippen LogP) is 0.184. The molecule has 0 aliphatic carbocycles. The fraction of sp³-hybridized carbons (Fsp3) is 0.632. The first-order valence-corrected chi connectivity index (χ1v) is 8.19. The molecule has 1 rings (SSSR count). The van der Waals surface area contributed by atoms with Crippen LogP contribution in [0.25, 0.3) is 0 Å². The summed E-state index contributed by atoms with van der Waals surface area (Å²) in [6, 6.07) is 3.95. The lowest BCUT2D eigenvalue weighted by Crippen LogP contribution is -3.00. The maximum absolute atomic E-state index is 11.9. The molecule has 1 aromatic rings. The van der Waals surface area contributed by atoms with Crippen LogP contribution in [0.15, 0.2) is 12.1 Å². The van der Waals surface area contributed by atoms with Crippen LogP contribution in [0.1, 0.15) is 43.9 Å². The number of benzene rings is 1. The smallest absolute Gasteiger partial charge is 0.306 e. The third kappa shape index (κ3) is 7.67. The summed E-state index contributed by atoms with van der Waals surface area (Å²) in [6.07, 6.45) is 0.998. The topological polar surface area (TPSA) is 46.5 Å². The molecule has 0 aliphatic heterocycles. The Kier molecular flexibility index (Phi) is 8.46. The predicted molar refractivity (Wildman–Crippen MR) is 93.7 cm³/mol. The third-order valence-corrected chi connectivity index (χ3v) is 3.81. The van der Waals surface area contributed by atoms with Crippen molar-refractivity contribution >= 4 is 5.97 Å². The summed E-state index contributed by atoms with van der Waals surface area (Å²) in [5.74, 6) is 0.188. The molecule has 0 unspecified atom stereocenters.